The first kappa shape index (κ1) is 21.7. The third-order valence-electron chi connectivity index (χ3n) is 12.1. The number of hydrogen-bond acceptors (Lipinski definition) is 2. The highest BCUT2D eigenvalue weighted by Gasteiger charge is 2.62. The summed E-state index contributed by atoms with van der Waals surface area (Å²) in [6, 6.07) is 0. The molecule has 0 heterocycles. The van der Waals surface area contributed by atoms with Gasteiger partial charge in [0.15, 0.2) is 0 Å². The average molecular weight is 417 g/mol. The van der Waals surface area contributed by atoms with E-state index in [2.05, 4.69) is 27.7 Å². The van der Waals surface area contributed by atoms with Crippen LogP contribution in [0.3, 0.4) is 0 Å². The molecule has 0 aromatic rings. The van der Waals surface area contributed by atoms with E-state index in [9.17, 15) is 10.2 Å². The minimum Gasteiger partial charge on any atom is -0.393 e. The van der Waals surface area contributed by atoms with E-state index in [1.54, 1.807) is 0 Å². The maximum atomic E-state index is 11.1. The van der Waals surface area contributed by atoms with Gasteiger partial charge in [-0.3, -0.25) is 0 Å². The summed E-state index contributed by atoms with van der Waals surface area (Å²) in [6.45, 7) is 9.77. The zero-order chi connectivity index (χ0) is 21.3. The number of fused-ring (bicyclic) bond motifs is 5. The van der Waals surface area contributed by atoms with E-state index in [0.717, 1.165) is 55.3 Å². The largest absolute Gasteiger partial charge is 0.393 e. The van der Waals surface area contributed by atoms with Crippen molar-refractivity contribution in [3.63, 3.8) is 0 Å². The lowest BCUT2D eigenvalue weighted by Crippen LogP contribution is -2.56. The van der Waals surface area contributed by atoms with Crippen LogP contribution in [0.1, 0.15) is 111 Å². The van der Waals surface area contributed by atoms with Crippen molar-refractivity contribution in [2.45, 2.75) is 123 Å². The lowest BCUT2D eigenvalue weighted by molar-refractivity contribution is -0.154. The molecule has 2 heteroatoms. The van der Waals surface area contributed by atoms with Gasteiger partial charge >= 0.3 is 0 Å². The Hall–Kier alpha value is -0.0800. The summed E-state index contributed by atoms with van der Waals surface area (Å²) in [5, 5.41) is 22.1. The summed E-state index contributed by atoms with van der Waals surface area (Å²) in [5.74, 6) is 5.28. The predicted octanol–water partition coefficient (Wildman–Crippen LogP) is 6.58. The fourth-order valence-corrected chi connectivity index (χ4v) is 9.94. The van der Waals surface area contributed by atoms with Crippen LogP contribution in [0.25, 0.3) is 0 Å². The van der Waals surface area contributed by atoms with Crippen molar-refractivity contribution in [2.75, 3.05) is 0 Å². The van der Waals surface area contributed by atoms with Crippen LogP contribution < -0.4 is 0 Å². The number of aliphatic hydroxyl groups excluding tert-OH is 1. The highest BCUT2D eigenvalue weighted by atomic mass is 16.3. The Kier molecular flexibility index (Phi) is 5.42. The van der Waals surface area contributed by atoms with E-state index in [1.807, 2.05) is 0 Å². The predicted molar refractivity (Wildman–Crippen MR) is 123 cm³/mol. The molecule has 0 bridgehead atoms. The van der Waals surface area contributed by atoms with Gasteiger partial charge in [-0.05, 0) is 129 Å². The minimum absolute atomic E-state index is 0.0355. The normalized spacial score (nSPS) is 52.8. The quantitative estimate of drug-likeness (QED) is 0.531. The third kappa shape index (κ3) is 3.17. The molecule has 0 radical (unpaired) electrons. The number of rotatable bonds is 5. The monoisotopic (exact) mass is 416 g/mol. The molecule has 5 aliphatic rings. The fourth-order valence-electron chi connectivity index (χ4n) is 9.94. The number of hydrogen-bond donors (Lipinski definition) is 2. The summed E-state index contributed by atoms with van der Waals surface area (Å²) >= 11 is 0. The Morgan fingerprint density at radius 2 is 1.57 bits per heavy atom. The van der Waals surface area contributed by atoms with Crippen molar-refractivity contribution < 1.29 is 10.2 Å². The minimum atomic E-state index is -0.383. The lowest BCUT2D eigenvalue weighted by atomic mass is 9.43. The third-order valence-corrected chi connectivity index (χ3v) is 12.1. The first-order valence-corrected chi connectivity index (χ1v) is 13.7. The molecule has 5 fully saturated rings. The molecule has 172 valence electrons. The standard InChI is InChI=1S/C28H48O2/c1-5-20(25(29)18-7-8-18)22-11-12-23-21-10-9-19-17-28(30,6-2)16-15-26(19,3)24(21)13-14-27(22,23)4/h18-25,29-30H,5-17H2,1-4H3/t19-,20-,21-,22+,23-,24-,25+,26-,27+,28-/m0/s1. The molecule has 0 saturated heterocycles. The van der Waals surface area contributed by atoms with E-state index in [0.29, 0.717) is 22.7 Å². The molecule has 0 amide bonds. The fraction of sp³-hybridized carbons (Fsp3) is 1.00. The van der Waals surface area contributed by atoms with Gasteiger partial charge in [0.1, 0.15) is 0 Å². The van der Waals surface area contributed by atoms with E-state index >= 15 is 0 Å². The van der Waals surface area contributed by atoms with E-state index < -0.39 is 0 Å². The van der Waals surface area contributed by atoms with Gasteiger partial charge in [-0.15, -0.1) is 0 Å². The Labute approximate surface area is 185 Å². The highest BCUT2D eigenvalue weighted by Crippen LogP contribution is 2.69. The molecular formula is C28H48O2. The van der Waals surface area contributed by atoms with Gasteiger partial charge in [0.2, 0.25) is 0 Å². The average Bonchev–Trinajstić information content (AvgIpc) is 3.52. The lowest BCUT2D eigenvalue weighted by Gasteiger charge is -2.62. The van der Waals surface area contributed by atoms with Crippen LogP contribution in [0.2, 0.25) is 0 Å². The summed E-state index contributed by atoms with van der Waals surface area (Å²) < 4.78 is 0. The van der Waals surface area contributed by atoms with Crippen molar-refractivity contribution in [3.8, 4) is 0 Å². The van der Waals surface area contributed by atoms with E-state index in [4.69, 9.17) is 0 Å². The van der Waals surface area contributed by atoms with Crippen LogP contribution in [-0.2, 0) is 0 Å². The SMILES string of the molecule is CC[C@H]([C@H](O)C1CC1)[C@H]1CC[C@H]2[C@@H]3CC[C@H]4C[C@](O)(CC)CC[C@]4(C)[C@H]3CC[C@]12C. The summed E-state index contributed by atoms with van der Waals surface area (Å²) in [7, 11) is 0. The summed E-state index contributed by atoms with van der Waals surface area (Å²) in [6.07, 6.45) is 16.2. The van der Waals surface area contributed by atoms with Crippen LogP contribution in [0.5, 0.6) is 0 Å². The molecule has 30 heavy (non-hydrogen) atoms. The van der Waals surface area contributed by atoms with Crippen LogP contribution in [0.15, 0.2) is 0 Å². The summed E-state index contributed by atoms with van der Waals surface area (Å²) in [4.78, 5) is 0. The van der Waals surface area contributed by atoms with E-state index in [-0.39, 0.29) is 11.7 Å². The Bertz CT molecular complexity index is 643. The molecule has 0 spiro atoms. The van der Waals surface area contributed by atoms with Crippen LogP contribution >= 0.6 is 0 Å². The van der Waals surface area contributed by atoms with Gasteiger partial charge in [0.05, 0.1) is 11.7 Å². The van der Waals surface area contributed by atoms with Gasteiger partial charge in [0, 0.05) is 0 Å². The van der Waals surface area contributed by atoms with Crippen molar-refractivity contribution in [2.24, 2.45) is 52.3 Å². The molecule has 5 saturated carbocycles. The van der Waals surface area contributed by atoms with Gasteiger partial charge in [-0.25, -0.2) is 0 Å². The molecule has 5 aliphatic carbocycles. The molecule has 0 aliphatic heterocycles. The molecule has 5 rings (SSSR count). The van der Waals surface area contributed by atoms with Crippen molar-refractivity contribution in [1.29, 1.82) is 0 Å². The molecule has 0 aromatic heterocycles. The van der Waals surface area contributed by atoms with Gasteiger partial charge in [0.25, 0.3) is 0 Å². The second-order valence-electron chi connectivity index (χ2n) is 13.1. The summed E-state index contributed by atoms with van der Waals surface area (Å²) in [5.41, 5.74) is 0.535. The van der Waals surface area contributed by atoms with Gasteiger partial charge in [-0.1, -0.05) is 34.1 Å². The Balaban J connectivity index is 1.36. The topological polar surface area (TPSA) is 40.5 Å². The highest BCUT2D eigenvalue weighted by molar-refractivity contribution is 5.11. The van der Waals surface area contributed by atoms with Crippen LogP contribution in [0, 0.1) is 52.3 Å². The zero-order valence-electron chi connectivity index (χ0n) is 20.2. The molecule has 10 atom stereocenters. The van der Waals surface area contributed by atoms with Crippen molar-refractivity contribution in [1.82, 2.24) is 0 Å². The second kappa shape index (κ2) is 7.47. The van der Waals surface area contributed by atoms with Crippen molar-refractivity contribution >= 4 is 0 Å². The first-order chi connectivity index (χ1) is 14.3. The van der Waals surface area contributed by atoms with Crippen molar-refractivity contribution in [3.05, 3.63) is 0 Å². The smallest absolute Gasteiger partial charge is 0.0648 e. The second-order valence-corrected chi connectivity index (χ2v) is 13.1. The molecule has 2 nitrogen and oxygen atoms in total. The molecular weight excluding hydrogens is 368 g/mol. The maximum absolute atomic E-state index is 11.1. The maximum Gasteiger partial charge on any atom is 0.0648 e. The van der Waals surface area contributed by atoms with Gasteiger partial charge < -0.3 is 10.2 Å². The Morgan fingerprint density at radius 3 is 2.23 bits per heavy atom. The molecule has 0 aromatic carbocycles. The van der Waals surface area contributed by atoms with Crippen LogP contribution in [0.4, 0.5) is 0 Å². The van der Waals surface area contributed by atoms with E-state index in [1.165, 1.54) is 57.8 Å². The molecule has 0 unspecified atom stereocenters. The molecule has 2 N–H and O–H groups in total. The number of aliphatic hydroxyl groups is 2. The zero-order valence-corrected chi connectivity index (χ0v) is 20.2. The Morgan fingerprint density at radius 1 is 0.833 bits per heavy atom. The first-order valence-electron chi connectivity index (χ1n) is 13.7. The van der Waals surface area contributed by atoms with Crippen LogP contribution in [-0.4, -0.2) is 21.9 Å². The van der Waals surface area contributed by atoms with Gasteiger partial charge in [-0.2, -0.15) is 0 Å².